The van der Waals surface area contributed by atoms with Crippen LogP contribution in [0.4, 0.5) is 11.4 Å². The highest BCUT2D eigenvalue weighted by molar-refractivity contribution is 7.18. The largest absolute Gasteiger partial charge is 0.397 e. The van der Waals surface area contributed by atoms with Crippen LogP contribution < -0.4 is 11.1 Å². The normalized spacial score (nSPS) is 11.1. The van der Waals surface area contributed by atoms with Crippen LogP contribution in [0.2, 0.25) is 0 Å². The van der Waals surface area contributed by atoms with Gasteiger partial charge in [0, 0.05) is 25.4 Å². The third-order valence-electron chi connectivity index (χ3n) is 2.91. The minimum Gasteiger partial charge on any atom is -0.397 e. The number of hydrogen-bond acceptors (Lipinski definition) is 5. The van der Waals surface area contributed by atoms with E-state index < -0.39 is 0 Å². The molecule has 19 heavy (non-hydrogen) atoms. The molecule has 0 bridgehead atoms. The van der Waals surface area contributed by atoms with Gasteiger partial charge < -0.3 is 11.1 Å². The van der Waals surface area contributed by atoms with Crippen LogP contribution in [0, 0.1) is 6.92 Å². The van der Waals surface area contributed by atoms with Gasteiger partial charge in [-0.2, -0.15) is 5.10 Å². The van der Waals surface area contributed by atoms with Gasteiger partial charge in [0.25, 0.3) is 0 Å². The maximum Gasteiger partial charge on any atom is 0.0907 e. The number of anilines is 2. The van der Waals surface area contributed by atoms with E-state index in [1.165, 1.54) is 0 Å². The molecule has 5 nitrogen and oxygen atoms in total. The fourth-order valence-electron chi connectivity index (χ4n) is 2.02. The third-order valence-corrected chi connectivity index (χ3v) is 3.84. The second-order valence-electron chi connectivity index (χ2n) is 4.52. The number of benzene rings is 1. The van der Waals surface area contributed by atoms with Gasteiger partial charge in [-0.15, -0.1) is 11.3 Å². The molecule has 0 saturated carbocycles. The lowest BCUT2D eigenvalue weighted by Crippen LogP contribution is -2.01. The number of rotatable bonds is 3. The first-order chi connectivity index (χ1) is 9.11. The lowest BCUT2D eigenvalue weighted by atomic mass is 10.2. The summed E-state index contributed by atoms with van der Waals surface area (Å²) in [7, 11) is 1.90. The van der Waals surface area contributed by atoms with Crippen molar-refractivity contribution in [2.45, 2.75) is 13.5 Å². The van der Waals surface area contributed by atoms with Gasteiger partial charge in [0.1, 0.15) is 0 Å². The van der Waals surface area contributed by atoms with E-state index in [2.05, 4.69) is 15.4 Å². The van der Waals surface area contributed by atoms with E-state index >= 15 is 0 Å². The number of nitrogens with zero attached hydrogens (tertiary/aromatic N) is 3. The van der Waals surface area contributed by atoms with Gasteiger partial charge in [-0.3, -0.25) is 4.68 Å². The zero-order valence-electron chi connectivity index (χ0n) is 10.8. The number of thiazole rings is 1. The number of nitrogen functional groups attached to an aromatic ring is 1. The van der Waals surface area contributed by atoms with Crippen LogP contribution in [0.3, 0.4) is 0 Å². The molecule has 0 unspecified atom stereocenters. The van der Waals surface area contributed by atoms with Gasteiger partial charge in [0.05, 0.1) is 32.8 Å². The standard InChI is InChI=1S/C13H15N5S/c1-8-17-12-4-11(10(14)3-13(12)19-8)15-5-9-6-16-18(2)7-9/h3-4,6-7,15H,5,14H2,1-2H3. The zero-order valence-corrected chi connectivity index (χ0v) is 11.7. The summed E-state index contributed by atoms with van der Waals surface area (Å²) in [6.07, 6.45) is 3.82. The van der Waals surface area contributed by atoms with E-state index in [9.17, 15) is 0 Å². The summed E-state index contributed by atoms with van der Waals surface area (Å²) in [4.78, 5) is 4.48. The van der Waals surface area contributed by atoms with Gasteiger partial charge in [0.2, 0.25) is 0 Å². The fraction of sp³-hybridized carbons (Fsp3) is 0.231. The molecule has 0 aliphatic carbocycles. The lowest BCUT2D eigenvalue weighted by Gasteiger charge is -2.08. The molecule has 0 amide bonds. The van der Waals surface area contributed by atoms with Crippen LogP contribution in [0.1, 0.15) is 10.6 Å². The first kappa shape index (κ1) is 12.0. The second-order valence-corrected chi connectivity index (χ2v) is 5.75. The molecule has 0 radical (unpaired) electrons. The minimum absolute atomic E-state index is 0.701. The summed E-state index contributed by atoms with van der Waals surface area (Å²) in [6, 6.07) is 3.98. The molecule has 98 valence electrons. The molecular weight excluding hydrogens is 258 g/mol. The van der Waals surface area contributed by atoms with Crippen LogP contribution in [0.5, 0.6) is 0 Å². The SMILES string of the molecule is Cc1nc2cc(NCc3cnn(C)c3)c(N)cc2s1. The molecule has 0 spiro atoms. The number of hydrogen-bond donors (Lipinski definition) is 2. The van der Waals surface area contributed by atoms with Crippen molar-refractivity contribution in [2.75, 3.05) is 11.1 Å². The van der Waals surface area contributed by atoms with Crippen LogP contribution in [-0.4, -0.2) is 14.8 Å². The van der Waals surface area contributed by atoms with Crippen LogP contribution in [0.25, 0.3) is 10.2 Å². The molecular formula is C13H15N5S. The van der Waals surface area contributed by atoms with Crippen LogP contribution in [-0.2, 0) is 13.6 Å². The Morgan fingerprint density at radius 2 is 2.26 bits per heavy atom. The number of aromatic nitrogens is 3. The van der Waals surface area contributed by atoms with Crippen molar-refractivity contribution in [1.82, 2.24) is 14.8 Å². The van der Waals surface area contributed by atoms with E-state index in [0.29, 0.717) is 6.54 Å². The lowest BCUT2D eigenvalue weighted by molar-refractivity contribution is 0.767. The molecule has 0 atom stereocenters. The smallest absolute Gasteiger partial charge is 0.0907 e. The molecule has 2 aromatic heterocycles. The van der Waals surface area contributed by atoms with Crippen molar-refractivity contribution in [1.29, 1.82) is 0 Å². The Labute approximate surface area is 115 Å². The van der Waals surface area contributed by atoms with Crippen molar-refractivity contribution in [2.24, 2.45) is 7.05 Å². The highest BCUT2D eigenvalue weighted by Crippen LogP contribution is 2.29. The molecule has 3 rings (SSSR count). The van der Waals surface area contributed by atoms with Crippen LogP contribution in [0.15, 0.2) is 24.5 Å². The Bertz CT molecular complexity index is 728. The molecule has 0 saturated heterocycles. The van der Waals surface area contributed by atoms with Crippen molar-refractivity contribution in [3.8, 4) is 0 Å². The molecule has 0 aliphatic heterocycles. The van der Waals surface area contributed by atoms with E-state index in [1.807, 2.05) is 38.5 Å². The number of fused-ring (bicyclic) bond motifs is 1. The highest BCUT2D eigenvalue weighted by Gasteiger charge is 2.06. The van der Waals surface area contributed by atoms with Gasteiger partial charge in [-0.05, 0) is 19.1 Å². The molecule has 0 aliphatic rings. The predicted octanol–water partition coefficient (Wildman–Crippen LogP) is 2.53. The summed E-state index contributed by atoms with van der Waals surface area (Å²) in [5.41, 5.74) is 9.84. The Morgan fingerprint density at radius 1 is 1.42 bits per heavy atom. The Kier molecular flexibility index (Phi) is 2.87. The summed E-state index contributed by atoms with van der Waals surface area (Å²) in [5.74, 6) is 0. The van der Waals surface area contributed by atoms with Crippen molar-refractivity contribution in [3.05, 3.63) is 35.1 Å². The fourth-order valence-corrected chi connectivity index (χ4v) is 2.88. The molecule has 3 N–H and O–H groups in total. The quantitative estimate of drug-likeness (QED) is 0.720. The average molecular weight is 273 g/mol. The van der Waals surface area contributed by atoms with Crippen molar-refractivity contribution in [3.63, 3.8) is 0 Å². The molecule has 1 aromatic carbocycles. The summed E-state index contributed by atoms with van der Waals surface area (Å²) in [6.45, 7) is 2.70. The number of aryl methyl sites for hydroxylation is 2. The summed E-state index contributed by atoms with van der Waals surface area (Å²) in [5, 5.41) is 8.52. The third kappa shape index (κ3) is 2.39. The summed E-state index contributed by atoms with van der Waals surface area (Å²) >= 11 is 1.66. The first-order valence-electron chi connectivity index (χ1n) is 6.00. The number of nitrogens with one attached hydrogen (secondary N) is 1. The van der Waals surface area contributed by atoms with Gasteiger partial charge in [-0.25, -0.2) is 4.98 Å². The molecule has 0 fully saturated rings. The minimum atomic E-state index is 0.701. The number of nitrogens with two attached hydrogens (primary N) is 1. The van der Waals surface area contributed by atoms with E-state index in [4.69, 9.17) is 5.73 Å². The zero-order chi connectivity index (χ0) is 13.4. The topological polar surface area (TPSA) is 68.8 Å². The molecule has 2 heterocycles. The van der Waals surface area contributed by atoms with Crippen molar-refractivity contribution >= 4 is 32.9 Å². The molecule has 3 aromatic rings. The second kappa shape index (κ2) is 4.55. The van der Waals surface area contributed by atoms with Gasteiger partial charge >= 0.3 is 0 Å². The first-order valence-corrected chi connectivity index (χ1v) is 6.81. The Morgan fingerprint density at radius 3 is 3.00 bits per heavy atom. The maximum atomic E-state index is 6.06. The Balaban J connectivity index is 1.85. The average Bonchev–Trinajstić information content (AvgIpc) is 2.91. The van der Waals surface area contributed by atoms with E-state index in [1.54, 1.807) is 16.0 Å². The molecule has 6 heteroatoms. The van der Waals surface area contributed by atoms with E-state index in [-0.39, 0.29) is 0 Å². The van der Waals surface area contributed by atoms with Crippen LogP contribution >= 0.6 is 11.3 Å². The monoisotopic (exact) mass is 273 g/mol. The van der Waals surface area contributed by atoms with E-state index in [0.717, 1.165) is 32.2 Å². The van der Waals surface area contributed by atoms with Gasteiger partial charge in [-0.1, -0.05) is 0 Å². The summed E-state index contributed by atoms with van der Waals surface area (Å²) < 4.78 is 2.91. The van der Waals surface area contributed by atoms with Gasteiger partial charge in [0.15, 0.2) is 0 Å². The Hall–Kier alpha value is -2.08. The van der Waals surface area contributed by atoms with Crippen molar-refractivity contribution < 1.29 is 0 Å². The highest BCUT2D eigenvalue weighted by atomic mass is 32.1. The maximum absolute atomic E-state index is 6.06. The predicted molar refractivity (Wildman–Crippen MR) is 79.3 cm³/mol.